The van der Waals surface area contributed by atoms with Gasteiger partial charge in [0.1, 0.15) is 11.6 Å². The van der Waals surface area contributed by atoms with Crippen LogP contribution in [0.3, 0.4) is 0 Å². The zero-order valence-electron chi connectivity index (χ0n) is 18.2. The highest BCUT2D eigenvalue weighted by Gasteiger charge is 2.17. The van der Waals surface area contributed by atoms with E-state index in [0.717, 1.165) is 46.2 Å². The van der Waals surface area contributed by atoms with Crippen LogP contribution in [0.4, 0.5) is 0 Å². The van der Waals surface area contributed by atoms with Gasteiger partial charge in [-0.25, -0.2) is 4.98 Å². The molecule has 2 heterocycles. The molecule has 0 radical (unpaired) electrons. The van der Waals surface area contributed by atoms with Gasteiger partial charge < -0.3 is 14.2 Å². The summed E-state index contributed by atoms with van der Waals surface area (Å²) >= 11 is 6.09. The van der Waals surface area contributed by atoms with Gasteiger partial charge >= 0.3 is 0 Å². The van der Waals surface area contributed by atoms with E-state index >= 15 is 0 Å². The van der Waals surface area contributed by atoms with Gasteiger partial charge in [-0.05, 0) is 61.4 Å². The molecule has 0 aliphatic rings. The summed E-state index contributed by atoms with van der Waals surface area (Å²) in [5.41, 5.74) is 3.52. The van der Waals surface area contributed by atoms with E-state index in [1.165, 1.54) is 0 Å². The summed E-state index contributed by atoms with van der Waals surface area (Å²) in [5, 5.41) is 0.733. The van der Waals surface area contributed by atoms with Crippen LogP contribution in [0.5, 0.6) is 5.75 Å². The Morgan fingerprint density at radius 1 is 1.16 bits per heavy atom. The smallest absolute Gasteiger partial charge is 0.255 e. The molecule has 4 rings (SSSR count). The number of carbonyl (C=O) groups excluding carboxylic acids is 1. The molecule has 1 amide bonds. The Labute approximate surface area is 192 Å². The van der Waals surface area contributed by atoms with Gasteiger partial charge in [0.2, 0.25) is 0 Å². The number of fused-ring (bicyclic) bond motifs is 1. The monoisotopic (exact) mass is 448 g/mol. The van der Waals surface area contributed by atoms with Crippen LogP contribution in [0.1, 0.15) is 28.2 Å². The van der Waals surface area contributed by atoms with Gasteiger partial charge in [0.15, 0.2) is 0 Å². The van der Waals surface area contributed by atoms with Gasteiger partial charge in [0.05, 0.1) is 29.7 Å². The van der Waals surface area contributed by atoms with Gasteiger partial charge in [0.25, 0.3) is 5.91 Å². The van der Waals surface area contributed by atoms with Gasteiger partial charge in [-0.15, -0.1) is 0 Å². The first-order valence-electron chi connectivity index (χ1n) is 10.5. The Hall–Kier alpha value is -3.38. The summed E-state index contributed by atoms with van der Waals surface area (Å²) in [4.78, 5) is 23.3. The molecule has 4 aromatic rings. The normalized spacial score (nSPS) is 11.0. The van der Waals surface area contributed by atoms with E-state index in [1.54, 1.807) is 36.5 Å². The average Bonchev–Trinajstić information content (AvgIpc) is 3.16. The number of hydrogen-bond donors (Lipinski definition) is 0. The molecule has 0 saturated carbocycles. The third-order valence-corrected chi connectivity index (χ3v) is 5.72. The van der Waals surface area contributed by atoms with Crippen LogP contribution in [0.25, 0.3) is 11.0 Å². The maximum atomic E-state index is 12.8. The number of aromatic nitrogens is 3. The molecule has 6 nitrogen and oxygen atoms in total. The molecule has 7 heteroatoms. The summed E-state index contributed by atoms with van der Waals surface area (Å²) in [7, 11) is 1.78. The van der Waals surface area contributed by atoms with Crippen LogP contribution in [0.15, 0.2) is 67.0 Å². The maximum Gasteiger partial charge on any atom is 0.255 e. The highest BCUT2D eigenvalue weighted by molar-refractivity contribution is 6.31. The fourth-order valence-corrected chi connectivity index (χ4v) is 3.73. The van der Waals surface area contributed by atoms with Crippen molar-refractivity contribution in [1.29, 1.82) is 0 Å². The molecule has 0 bridgehead atoms. The van der Waals surface area contributed by atoms with Crippen LogP contribution in [-0.2, 0) is 13.1 Å². The lowest BCUT2D eigenvalue weighted by Gasteiger charge is -2.18. The number of rotatable bonds is 8. The van der Waals surface area contributed by atoms with Crippen molar-refractivity contribution in [2.24, 2.45) is 0 Å². The molecule has 0 spiro atoms. The summed E-state index contributed by atoms with van der Waals surface area (Å²) in [6.07, 6.45) is 4.04. The van der Waals surface area contributed by atoms with Crippen LogP contribution < -0.4 is 4.74 Å². The van der Waals surface area contributed by atoms with Crippen molar-refractivity contribution < 1.29 is 9.53 Å². The topological polar surface area (TPSA) is 60.2 Å². The third-order valence-electron chi connectivity index (χ3n) is 5.29. The van der Waals surface area contributed by atoms with Crippen molar-refractivity contribution in [3.8, 4) is 5.75 Å². The molecule has 2 aromatic heterocycles. The third kappa shape index (κ3) is 4.92. The number of ether oxygens (including phenoxy) is 1. The number of hydrogen-bond acceptors (Lipinski definition) is 4. The number of imidazole rings is 1. The lowest BCUT2D eigenvalue weighted by molar-refractivity contribution is 0.0779. The quantitative estimate of drug-likeness (QED) is 0.350. The van der Waals surface area contributed by atoms with E-state index in [0.29, 0.717) is 18.7 Å². The number of nitrogens with zero attached hydrogens (tertiary/aromatic N) is 4. The zero-order valence-corrected chi connectivity index (χ0v) is 18.9. The second-order valence-corrected chi connectivity index (χ2v) is 8.09. The van der Waals surface area contributed by atoms with Gasteiger partial charge in [-0.2, -0.15) is 0 Å². The van der Waals surface area contributed by atoms with Crippen molar-refractivity contribution >= 4 is 28.5 Å². The predicted octanol–water partition coefficient (Wildman–Crippen LogP) is 5.13. The van der Waals surface area contributed by atoms with E-state index in [9.17, 15) is 4.79 Å². The molecule has 2 aromatic carbocycles. The maximum absolute atomic E-state index is 12.8. The lowest BCUT2D eigenvalue weighted by Crippen LogP contribution is -2.28. The second-order valence-electron chi connectivity index (χ2n) is 7.68. The first kappa shape index (κ1) is 21.8. The van der Waals surface area contributed by atoms with Crippen LogP contribution in [0, 0.1) is 6.92 Å². The van der Waals surface area contributed by atoms with E-state index in [2.05, 4.69) is 15.6 Å². The van der Waals surface area contributed by atoms with Crippen molar-refractivity contribution in [3.63, 3.8) is 0 Å². The number of aryl methyl sites for hydroxylation is 2. The Kier molecular flexibility index (Phi) is 6.71. The van der Waals surface area contributed by atoms with Gasteiger partial charge in [0, 0.05) is 31.0 Å². The number of halogens is 1. The Bertz CT molecular complexity index is 1220. The minimum absolute atomic E-state index is 0.0850. The largest absolute Gasteiger partial charge is 0.494 e. The molecule has 0 aliphatic heterocycles. The molecule has 0 aliphatic carbocycles. The molecule has 0 fully saturated rings. The molecule has 0 saturated heterocycles. The molecule has 0 N–H and O–H groups in total. The highest BCUT2D eigenvalue weighted by atomic mass is 35.5. The molecule has 32 heavy (non-hydrogen) atoms. The van der Waals surface area contributed by atoms with E-state index in [4.69, 9.17) is 21.3 Å². The van der Waals surface area contributed by atoms with E-state index in [1.807, 2.05) is 43.3 Å². The highest BCUT2D eigenvalue weighted by Crippen LogP contribution is 2.22. The minimum Gasteiger partial charge on any atom is -0.494 e. The standard InChI is InChI=1S/C25H25ClN4O2/c1-18-15-20(10-11-21(18)26)32-14-6-13-30-23-9-4-3-8-22(23)28-24(30)17-29(2)25(31)19-7-5-12-27-16-19/h3-5,7-12,15-16H,6,13-14,17H2,1-2H3. The molecule has 0 atom stereocenters. The fraction of sp³-hybridized carbons (Fsp3) is 0.240. The molecule has 0 unspecified atom stereocenters. The van der Waals surface area contributed by atoms with E-state index in [-0.39, 0.29) is 5.91 Å². The van der Waals surface area contributed by atoms with Crippen molar-refractivity contribution in [3.05, 3.63) is 89.0 Å². The van der Waals surface area contributed by atoms with Gasteiger partial charge in [-0.3, -0.25) is 9.78 Å². The summed E-state index contributed by atoms with van der Waals surface area (Å²) in [5.74, 6) is 1.57. The summed E-state index contributed by atoms with van der Waals surface area (Å²) in [6.45, 7) is 3.66. The van der Waals surface area contributed by atoms with Crippen LogP contribution >= 0.6 is 11.6 Å². The second kappa shape index (κ2) is 9.83. The van der Waals surface area contributed by atoms with Gasteiger partial charge in [-0.1, -0.05) is 23.7 Å². The number of para-hydroxylation sites is 2. The average molecular weight is 449 g/mol. The Balaban J connectivity index is 1.46. The Morgan fingerprint density at radius 3 is 2.78 bits per heavy atom. The van der Waals surface area contributed by atoms with Crippen molar-refractivity contribution in [2.45, 2.75) is 26.4 Å². The number of amides is 1. The summed E-state index contributed by atoms with van der Waals surface area (Å²) < 4.78 is 8.07. The minimum atomic E-state index is -0.0850. The molecular weight excluding hydrogens is 424 g/mol. The van der Waals surface area contributed by atoms with E-state index < -0.39 is 0 Å². The van der Waals surface area contributed by atoms with Crippen LogP contribution in [0.2, 0.25) is 5.02 Å². The number of carbonyl (C=O) groups is 1. The predicted molar refractivity (Wildman–Crippen MR) is 126 cm³/mol. The van der Waals surface area contributed by atoms with Crippen molar-refractivity contribution in [2.75, 3.05) is 13.7 Å². The number of pyridine rings is 1. The van der Waals surface area contributed by atoms with Crippen LogP contribution in [-0.4, -0.2) is 39.0 Å². The Morgan fingerprint density at radius 2 is 2.00 bits per heavy atom. The molecule has 164 valence electrons. The SMILES string of the molecule is Cc1cc(OCCCn2c(CN(C)C(=O)c3cccnc3)nc3ccccc32)ccc1Cl. The fourth-order valence-electron chi connectivity index (χ4n) is 3.61. The first-order valence-corrected chi connectivity index (χ1v) is 10.9. The lowest BCUT2D eigenvalue weighted by atomic mass is 10.2. The summed E-state index contributed by atoms with van der Waals surface area (Å²) in [6, 6.07) is 17.2. The number of benzene rings is 2. The van der Waals surface area contributed by atoms with Crippen molar-refractivity contribution in [1.82, 2.24) is 19.4 Å². The zero-order chi connectivity index (χ0) is 22.5. The molecular formula is C25H25ClN4O2. The first-order chi connectivity index (χ1) is 15.5.